The Morgan fingerprint density at radius 1 is 1.22 bits per heavy atom. The van der Waals surface area contributed by atoms with Crippen LogP contribution in [0.4, 0.5) is 4.79 Å². The average molecular weight is 316 g/mol. The quantitative estimate of drug-likeness (QED) is 0.818. The van der Waals surface area contributed by atoms with Crippen molar-refractivity contribution in [1.29, 1.82) is 0 Å². The van der Waals surface area contributed by atoms with Gasteiger partial charge in [0.1, 0.15) is 12.4 Å². The predicted molar refractivity (Wildman–Crippen MR) is 88.2 cm³/mol. The van der Waals surface area contributed by atoms with Crippen LogP contribution in [0.15, 0.2) is 36.4 Å². The van der Waals surface area contributed by atoms with Crippen molar-refractivity contribution in [2.75, 3.05) is 26.3 Å². The van der Waals surface area contributed by atoms with E-state index in [9.17, 15) is 4.79 Å². The van der Waals surface area contributed by atoms with Crippen molar-refractivity contribution in [1.82, 2.24) is 10.2 Å². The summed E-state index contributed by atoms with van der Waals surface area (Å²) in [6.45, 7) is 2.37. The molecule has 2 amide bonds. The van der Waals surface area contributed by atoms with Crippen LogP contribution in [-0.4, -0.2) is 42.3 Å². The number of amides is 2. The van der Waals surface area contributed by atoms with Crippen LogP contribution in [0.3, 0.4) is 0 Å². The first-order valence-electron chi connectivity index (χ1n) is 8.27. The number of fused-ring (bicyclic) bond motifs is 1. The van der Waals surface area contributed by atoms with E-state index in [4.69, 9.17) is 9.84 Å². The van der Waals surface area contributed by atoms with Crippen molar-refractivity contribution in [3.8, 4) is 5.75 Å². The topological polar surface area (TPSA) is 61.8 Å². The number of allylic oxidation sites excluding steroid dienone is 2. The van der Waals surface area contributed by atoms with Crippen molar-refractivity contribution in [3.63, 3.8) is 0 Å². The number of nitrogens with zero attached hydrogens (tertiary/aromatic N) is 1. The van der Waals surface area contributed by atoms with Crippen LogP contribution < -0.4 is 10.1 Å². The molecule has 1 saturated heterocycles. The van der Waals surface area contributed by atoms with Crippen LogP contribution >= 0.6 is 0 Å². The number of hydrogen-bond acceptors (Lipinski definition) is 3. The van der Waals surface area contributed by atoms with Gasteiger partial charge in [-0.3, -0.25) is 0 Å². The van der Waals surface area contributed by atoms with Gasteiger partial charge in [0.05, 0.1) is 6.61 Å². The highest BCUT2D eigenvalue weighted by Crippen LogP contribution is 2.32. The predicted octanol–water partition coefficient (Wildman–Crippen LogP) is 2.17. The van der Waals surface area contributed by atoms with E-state index < -0.39 is 0 Å². The molecule has 2 atom stereocenters. The molecule has 2 aliphatic rings. The van der Waals surface area contributed by atoms with E-state index in [0.29, 0.717) is 24.1 Å². The lowest BCUT2D eigenvalue weighted by atomic mass is 9.86. The first-order chi connectivity index (χ1) is 11.3. The van der Waals surface area contributed by atoms with Crippen LogP contribution in [-0.2, 0) is 6.54 Å². The summed E-state index contributed by atoms with van der Waals surface area (Å²) in [6.07, 6.45) is 6.65. The highest BCUT2D eigenvalue weighted by molar-refractivity contribution is 5.74. The molecular formula is C18H24N2O3. The fraction of sp³-hybridized carbons (Fsp3) is 0.500. The number of ether oxygens (including phenoxy) is 1. The van der Waals surface area contributed by atoms with Gasteiger partial charge in [-0.2, -0.15) is 0 Å². The van der Waals surface area contributed by atoms with Crippen molar-refractivity contribution in [2.45, 2.75) is 19.4 Å². The van der Waals surface area contributed by atoms with Crippen LogP contribution in [0, 0.1) is 11.8 Å². The van der Waals surface area contributed by atoms with Gasteiger partial charge < -0.3 is 20.1 Å². The third-order valence-corrected chi connectivity index (χ3v) is 4.66. The molecule has 0 unspecified atom stereocenters. The molecule has 1 aliphatic heterocycles. The van der Waals surface area contributed by atoms with Gasteiger partial charge in [0.2, 0.25) is 0 Å². The largest absolute Gasteiger partial charge is 0.491 e. The fourth-order valence-electron chi connectivity index (χ4n) is 3.41. The molecule has 3 rings (SSSR count). The lowest BCUT2D eigenvalue weighted by molar-refractivity contribution is 0.198. The Kier molecular flexibility index (Phi) is 5.18. The lowest BCUT2D eigenvalue weighted by Gasteiger charge is -2.18. The number of likely N-dealkylation sites (tertiary alicyclic amines) is 1. The molecule has 0 saturated carbocycles. The molecular weight excluding hydrogens is 292 g/mol. The number of aliphatic hydroxyl groups excluding tert-OH is 1. The Labute approximate surface area is 136 Å². The summed E-state index contributed by atoms with van der Waals surface area (Å²) in [4.78, 5) is 14.3. The van der Waals surface area contributed by atoms with Crippen LogP contribution in [0.5, 0.6) is 5.75 Å². The van der Waals surface area contributed by atoms with E-state index >= 15 is 0 Å². The zero-order valence-electron chi connectivity index (χ0n) is 13.3. The monoisotopic (exact) mass is 316 g/mol. The van der Waals surface area contributed by atoms with Gasteiger partial charge in [-0.05, 0) is 30.7 Å². The molecule has 2 N–H and O–H groups in total. The average Bonchev–Trinajstić information content (AvgIpc) is 3.02. The highest BCUT2D eigenvalue weighted by atomic mass is 16.5. The van der Waals surface area contributed by atoms with Gasteiger partial charge >= 0.3 is 6.03 Å². The van der Waals surface area contributed by atoms with Crippen LogP contribution in [0.1, 0.15) is 18.4 Å². The second-order valence-electron chi connectivity index (χ2n) is 6.21. The highest BCUT2D eigenvalue weighted by Gasteiger charge is 2.34. The van der Waals surface area contributed by atoms with Crippen LogP contribution in [0.2, 0.25) is 0 Å². The number of carbonyl (C=O) groups excluding carboxylic acids is 1. The number of para-hydroxylation sites is 1. The Bertz CT molecular complexity index is 557. The molecule has 23 heavy (non-hydrogen) atoms. The summed E-state index contributed by atoms with van der Waals surface area (Å²) in [5, 5.41) is 11.9. The summed E-state index contributed by atoms with van der Waals surface area (Å²) >= 11 is 0. The summed E-state index contributed by atoms with van der Waals surface area (Å²) in [6, 6.07) is 7.59. The summed E-state index contributed by atoms with van der Waals surface area (Å²) < 4.78 is 5.50. The summed E-state index contributed by atoms with van der Waals surface area (Å²) in [7, 11) is 0. The number of hydrogen-bond donors (Lipinski definition) is 2. The first-order valence-corrected chi connectivity index (χ1v) is 8.27. The number of carbonyl (C=O) groups is 1. The van der Waals surface area contributed by atoms with E-state index in [1.807, 2.05) is 29.2 Å². The second-order valence-corrected chi connectivity index (χ2v) is 6.21. The summed E-state index contributed by atoms with van der Waals surface area (Å²) in [5.41, 5.74) is 0.924. The Balaban J connectivity index is 1.53. The SMILES string of the molecule is O=C(NCc1ccccc1OCCO)N1C[C@@H]2CC=CC[C@H]2C1. The van der Waals surface area contributed by atoms with Gasteiger partial charge in [-0.25, -0.2) is 4.79 Å². The van der Waals surface area contributed by atoms with Gasteiger partial charge in [0.25, 0.3) is 0 Å². The minimum absolute atomic E-state index is 0.00337. The molecule has 5 heteroatoms. The van der Waals surface area contributed by atoms with Gasteiger partial charge in [-0.1, -0.05) is 30.4 Å². The molecule has 1 aromatic rings. The van der Waals surface area contributed by atoms with E-state index in [2.05, 4.69) is 17.5 Å². The van der Waals surface area contributed by atoms with E-state index in [1.54, 1.807) is 0 Å². The van der Waals surface area contributed by atoms with Gasteiger partial charge in [0.15, 0.2) is 0 Å². The molecule has 0 aromatic heterocycles. The number of aliphatic hydroxyl groups is 1. The normalized spacial score (nSPS) is 22.7. The molecule has 124 valence electrons. The molecule has 5 nitrogen and oxygen atoms in total. The number of nitrogens with one attached hydrogen (secondary N) is 1. The standard InChI is InChI=1S/C18H24N2O3/c21-9-10-23-17-8-4-3-5-14(17)11-19-18(22)20-12-15-6-1-2-7-16(15)13-20/h1-5,8,15-16,21H,6-7,9-13H2,(H,19,22)/t15-,16-/m0/s1. The third-order valence-electron chi connectivity index (χ3n) is 4.66. The summed E-state index contributed by atoms with van der Waals surface area (Å²) in [5.74, 6) is 1.94. The first kappa shape index (κ1) is 15.9. The minimum atomic E-state index is -0.0225. The maximum Gasteiger partial charge on any atom is 0.317 e. The van der Waals surface area contributed by atoms with E-state index in [1.165, 1.54) is 0 Å². The Hall–Kier alpha value is -2.01. The molecule has 0 bridgehead atoms. The van der Waals surface area contributed by atoms with Crippen molar-refractivity contribution in [3.05, 3.63) is 42.0 Å². The number of urea groups is 1. The maximum atomic E-state index is 12.4. The Morgan fingerprint density at radius 2 is 1.91 bits per heavy atom. The second kappa shape index (κ2) is 7.51. The molecule has 1 aromatic carbocycles. The van der Waals surface area contributed by atoms with Crippen LogP contribution in [0.25, 0.3) is 0 Å². The molecule has 1 heterocycles. The van der Waals surface area contributed by atoms with Crippen molar-refractivity contribution < 1.29 is 14.6 Å². The van der Waals surface area contributed by atoms with Crippen molar-refractivity contribution >= 4 is 6.03 Å². The fourth-order valence-corrected chi connectivity index (χ4v) is 3.41. The van der Waals surface area contributed by atoms with Crippen molar-refractivity contribution in [2.24, 2.45) is 11.8 Å². The van der Waals surface area contributed by atoms with Gasteiger partial charge in [0, 0.05) is 25.2 Å². The van der Waals surface area contributed by atoms with E-state index in [-0.39, 0.29) is 19.2 Å². The minimum Gasteiger partial charge on any atom is -0.491 e. The zero-order chi connectivity index (χ0) is 16.1. The molecule has 0 spiro atoms. The third kappa shape index (κ3) is 3.85. The smallest absolute Gasteiger partial charge is 0.317 e. The molecule has 0 radical (unpaired) electrons. The number of rotatable bonds is 5. The Morgan fingerprint density at radius 3 is 2.61 bits per heavy atom. The number of benzene rings is 1. The molecule has 1 aliphatic carbocycles. The molecule has 1 fully saturated rings. The zero-order valence-corrected chi connectivity index (χ0v) is 13.3. The maximum absolute atomic E-state index is 12.4. The lowest BCUT2D eigenvalue weighted by Crippen LogP contribution is -2.38. The van der Waals surface area contributed by atoms with Gasteiger partial charge in [-0.15, -0.1) is 0 Å². The van der Waals surface area contributed by atoms with E-state index in [0.717, 1.165) is 31.5 Å².